The van der Waals surface area contributed by atoms with Crippen LogP contribution in [0.2, 0.25) is 0 Å². The van der Waals surface area contributed by atoms with Crippen LogP contribution in [0.4, 0.5) is 0 Å². The van der Waals surface area contributed by atoms with Crippen molar-refractivity contribution in [2.24, 2.45) is 5.92 Å². The lowest BCUT2D eigenvalue weighted by Gasteiger charge is -2.38. The second kappa shape index (κ2) is 8.11. The van der Waals surface area contributed by atoms with Crippen LogP contribution in [0.5, 0.6) is 0 Å². The van der Waals surface area contributed by atoms with Crippen LogP contribution in [-0.2, 0) is 13.1 Å². The third-order valence-corrected chi connectivity index (χ3v) is 6.59. The van der Waals surface area contributed by atoms with Crippen molar-refractivity contribution in [1.82, 2.24) is 14.7 Å². The summed E-state index contributed by atoms with van der Waals surface area (Å²) in [6, 6.07) is 3.21. The van der Waals surface area contributed by atoms with Crippen LogP contribution >= 0.6 is 11.3 Å². The summed E-state index contributed by atoms with van der Waals surface area (Å²) in [4.78, 5) is 9.18. The number of nitrogens with zero attached hydrogens (tertiary/aromatic N) is 3. The Morgan fingerprint density at radius 3 is 2.52 bits per heavy atom. The lowest BCUT2D eigenvalue weighted by Crippen LogP contribution is -2.42. The third kappa shape index (κ3) is 4.79. The van der Waals surface area contributed by atoms with Gasteiger partial charge in [-0.3, -0.25) is 4.90 Å². The van der Waals surface area contributed by atoms with Crippen LogP contribution in [0.3, 0.4) is 0 Å². The Kier molecular flexibility index (Phi) is 6.13. The van der Waals surface area contributed by atoms with Crippen molar-refractivity contribution in [3.63, 3.8) is 0 Å². The Morgan fingerprint density at radius 1 is 1.17 bits per heavy atom. The Morgan fingerprint density at radius 2 is 1.87 bits per heavy atom. The van der Waals surface area contributed by atoms with Gasteiger partial charge in [0.05, 0.1) is 0 Å². The summed E-state index contributed by atoms with van der Waals surface area (Å²) in [5.41, 5.74) is 1.47. The summed E-state index contributed by atoms with van der Waals surface area (Å²) in [5.74, 6) is 0.914. The molecule has 0 radical (unpaired) electrons. The lowest BCUT2D eigenvalue weighted by atomic mass is 9.89. The highest BCUT2D eigenvalue weighted by molar-refractivity contribution is 7.10. The molecule has 1 aromatic heterocycles. The van der Waals surface area contributed by atoms with Gasteiger partial charge in [0.2, 0.25) is 0 Å². The number of hydrogen-bond donors (Lipinski definition) is 0. The summed E-state index contributed by atoms with van der Waals surface area (Å²) < 4.78 is 0. The summed E-state index contributed by atoms with van der Waals surface area (Å²) >= 11 is 1.94. The normalized spacial score (nSPS) is 23.0. The van der Waals surface area contributed by atoms with Gasteiger partial charge in [0.25, 0.3) is 0 Å². The van der Waals surface area contributed by atoms with Crippen molar-refractivity contribution in [3.8, 4) is 0 Å². The van der Waals surface area contributed by atoms with E-state index in [2.05, 4.69) is 47.2 Å². The molecule has 1 unspecified atom stereocenters. The molecule has 0 N–H and O–H groups in total. The monoisotopic (exact) mass is 335 g/mol. The molecule has 3 rings (SSSR count). The van der Waals surface area contributed by atoms with E-state index in [1.54, 1.807) is 0 Å². The predicted octanol–water partition coefficient (Wildman–Crippen LogP) is 3.51. The lowest BCUT2D eigenvalue weighted by molar-refractivity contribution is 0.108. The first-order valence-corrected chi connectivity index (χ1v) is 10.2. The van der Waals surface area contributed by atoms with Crippen LogP contribution in [0.1, 0.15) is 43.0 Å². The fourth-order valence-electron chi connectivity index (χ4n) is 4.22. The van der Waals surface area contributed by atoms with Gasteiger partial charge < -0.3 is 9.80 Å². The maximum atomic E-state index is 2.73. The summed E-state index contributed by atoms with van der Waals surface area (Å²) in [6.07, 6.45) is 5.59. The molecule has 0 saturated carbocycles. The quantitative estimate of drug-likeness (QED) is 0.788. The van der Waals surface area contributed by atoms with Gasteiger partial charge >= 0.3 is 0 Å². The Hall–Kier alpha value is -0.420. The number of likely N-dealkylation sites (tertiary alicyclic amines) is 2. The smallest absolute Gasteiger partial charge is 0.0328 e. The Balaban J connectivity index is 1.44. The minimum Gasteiger partial charge on any atom is -0.305 e. The maximum Gasteiger partial charge on any atom is 0.0328 e. The second-order valence-corrected chi connectivity index (χ2v) is 8.75. The molecule has 130 valence electrons. The van der Waals surface area contributed by atoms with E-state index in [1.807, 2.05) is 11.3 Å². The average molecular weight is 336 g/mol. The van der Waals surface area contributed by atoms with Gasteiger partial charge in [-0.1, -0.05) is 0 Å². The van der Waals surface area contributed by atoms with Crippen LogP contribution in [0, 0.1) is 5.92 Å². The molecule has 0 bridgehead atoms. The van der Waals surface area contributed by atoms with E-state index in [0.717, 1.165) is 25.0 Å². The van der Waals surface area contributed by atoms with E-state index in [-0.39, 0.29) is 0 Å². The molecule has 3 nitrogen and oxygen atoms in total. The predicted molar refractivity (Wildman–Crippen MR) is 100.0 cm³/mol. The van der Waals surface area contributed by atoms with Crippen LogP contribution in [0.15, 0.2) is 11.4 Å². The minimum absolute atomic E-state index is 0.799. The molecule has 23 heavy (non-hydrogen) atoms. The second-order valence-electron chi connectivity index (χ2n) is 7.76. The van der Waals surface area contributed by atoms with Gasteiger partial charge in [0.15, 0.2) is 0 Å². The first kappa shape index (κ1) is 17.4. The Labute approximate surface area is 146 Å². The highest BCUT2D eigenvalue weighted by Crippen LogP contribution is 2.28. The number of hydrogen-bond acceptors (Lipinski definition) is 4. The molecule has 0 aliphatic carbocycles. The van der Waals surface area contributed by atoms with E-state index < -0.39 is 0 Å². The van der Waals surface area contributed by atoms with Crippen LogP contribution < -0.4 is 0 Å². The van der Waals surface area contributed by atoms with Crippen molar-refractivity contribution in [2.45, 2.75) is 51.7 Å². The number of thiophene rings is 1. The molecule has 3 heterocycles. The van der Waals surface area contributed by atoms with E-state index in [4.69, 9.17) is 0 Å². The first-order valence-electron chi connectivity index (χ1n) is 9.29. The van der Waals surface area contributed by atoms with Crippen molar-refractivity contribution in [1.29, 1.82) is 0 Å². The van der Waals surface area contributed by atoms with Gasteiger partial charge in [0.1, 0.15) is 0 Å². The van der Waals surface area contributed by atoms with Crippen molar-refractivity contribution in [3.05, 3.63) is 21.9 Å². The van der Waals surface area contributed by atoms with Crippen LogP contribution in [-0.4, -0.2) is 61.0 Å². The molecule has 4 heteroatoms. The van der Waals surface area contributed by atoms with Gasteiger partial charge in [-0.05, 0) is 95.8 Å². The summed E-state index contributed by atoms with van der Waals surface area (Å²) in [5, 5.41) is 2.33. The fourth-order valence-corrected chi connectivity index (χ4v) is 5.14. The van der Waals surface area contributed by atoms with E-state index >= 15 is 0 Å². The number of rotatable bonds is 6. The molecular formula is C19H33N3S. The van der Waals surface area contributed by atoms with Crippen molar-refractivity contribution >= 4 is 11.3 Å². The molecule has 1 aromatic rings. The van der Waals surface area contributed by atoms with Gasteiger partial charge in [-0.25, -0.2) is 0 Å². The fraction of sp³-hybridized carbons (Fsp3) is 0.789. The van der Waals surface area contributed by atoms with Gasteiger partial charge in [0, 0.05) is 24.0 Å². The molecule has 0 spiro atoms. The molecule has 1 atom stereocenters. The van der Waals surface area contributed by atoms with E-state index in [9.17, 15) is 0 Å². The molecule has 2 aliphatic rings. The standard InChI is InChI=1S/C19H33N3S/c1-16(22-8-4-5-9-22)18-6-10-21(11-7-18)14-19-12-17(15-23-19)13-20(2)3/h12,15-16,18H,4-11,13-14H2,1-3H3. The molecule has 2 saturated heterocycles. The number of piperidine rings is 1. The molecule has 0 aromatic carbocycles. The third-order valence-electron chi connectivity index (χ3n) is 5.62. The molecule has 2 aliphatic heterocycles. The molecule has 0 amide bonds. The SMILES string of the molecule is CC(C1CCN(Cc2cc(CN(C)C)cs2)CC1)N1CCCC1. The Bertz CT molecular complexity index is 471. The van der Waals surface area contributed by atoms with Crippen molar-refractivity contribution in [2.75, 3.05) is 40.3 Å². The molecule has 2 fully saturated rings. The van der Waals surface area contributed by atoms with Crippen molar-refractivity contribution < 1.29 is 0 Å². The molecular weight excluding hydrogens is 302 g/mol. The van der Waals surface area contributed by atoms with Gasteiger partial charge in [-0.15, -0.1) is 11.3 Å². The highest BCUT2D eigenvalue weighted by atomic mass is 32.1. The zero-order valence-corrected chi connectivity index (χ0v) is 15.9. The maximum absolute atomic E-state index is 2.73. The first-order chi connectivity index (χ1) is 11.1. The van der Waals surface area contributed by atoms with E-state index in [0.29, 0.717) is 0 Å². The minimum atomic E-state index is 0.799. The summed E-state index contributed by atoms with van der Waals surface area (Å²) in [7, 11) is 4.29. The van der Waals surface area contributed by atoms with Crippen LogP contribution in [0.25, 0.3) is 0 Å². The zero-order chi connectivity index (χ0) is 16.2. The summed E-state index contributed by atoms with van der Waals surface area (Å²) in [6.45, 7) is 9.93. The largest absolute Gasteiger partial charge is 0.305 e. The highest BCUT2D eigenvalue weighted by Gasteiger charge is 2.28. The van der Waals surface area contributed by atoms with E-state index in [1.165, 1.54) is 62.3 Å². The zero-order valence-electron chi connectivity index (χ0n) is 15.1. The van der Waals surface area contributed by atoms with Gasteiger partial charge in [-0.2, -0.15) is 0 Å². The topological polar surface area (TPSA) is 9.72 Å². The average Bonchev–Trinajstić information content (AvgIpc) is 3.19.